The van der Waals surface area contributed by atoms with E-state index >= 15 is 0 Å². The zero-order valence-corrected chi connectivity index (χ0v) is 27.8. The standard InChI is InChI=1S/C34H54FNO8S/c1-3-5-7-11-14-24-45(43)25-15-12-9-8-10-13-16-29(34(42,21-22-35)33(40)41)31(37)36-30(32(38)39)26-27-17-19-28(20-18-27)44-23-6-4-2/h13,16-20,29-30,42H,3-12,14-15,21-26H2,1-2H3,(H,36,37)(H,38,39)(H,40,41)/b16-13+/t29-,30+,34+,45?/m1/s1. The number of ether oxygens (including phenoxy) is 1. The van der Waals surface area contributed by atoms with Gasteiger partial charge in [0.25, 0.3) is 0 Å². The Hall–Kier alpha value is -2.79. The molecule has 1 rings (SSSR count). The predicted octanol–water partition coefficient (Wildman–Crippen LogP) is 5.99. The van der Waals surface area contributed by atoms with E-state index in [0.29, 0.717) is 30.1 Å². The fourth-order valence-corrected chi connectivity index (χ4v) is 6.09. The fourth-order valence-electron chi connectivity index (χ4n) is 4.84. The van der Waals surface area contributed by atoms with Crippen LogP contribution < -0.4 is 10.1 Å². The van der Waals surface area contributed by atoms with Gasteiger partial charge >= 0.3 is 11.9 Å². The number of alkyl halides is 1. The fraction of sp³-hybridized carbons (Fsp3) is 0.676. The molecule has 256 valence electrons. The van der Waals surface area contributed by atoms with E-state index in [4.69, 9.17) is 4.74 Å². The minimum absolute atomic E-state index is 0.0923. The van der Waals surface area contributed by atoms with Crippen molar-refractivity contribution in [2.45, 2.75) is 115 Å². The van der Waals surface area contributed by atoms with Crippen molar-refractivity contribution in [3.63, 3.8) is 0 Å². The van der Waals surface area contributed by atoms with Crippen molar-refractivity contribution >= 4 is 28.6 Å². The molecule has 0 aliphatic heterocycles. The maximum absolute atomic E-state index is 13.3. The lowest BCUT2D eigenvalue weighted by Gasteiger charge is -2.30. The van der Waals surface area contributed by atoms with Crippen LogP contribution in [0.5, 0.6) is 5.75 Å². The van der Waals surface area contributed by atoms with Gasteiger partial charge in [0.1, 0.15) is 11.8 Å². The Kier molecular flexibility index (Phi) is 21.0. The first-order valence-corrected chi connectivity index (χ1v) is 17.9. The van der Waals surface area contributed by atoms with Crippen molar-refractivity contribution in [1.82, 2.24) is 5.32 Å². The Labute approximate surface area is 270 Å². The summed E-state index contributed by atoms with van der Waals surface area (Å²) in [4.78, 5) is 37.2. The van der Waals surface area contributed by atoms with E-state index in [-0.39, 0.29) is 6.42 Å². The molecule has 1 aromatic carbocycles. The van der Waals surface area contributed by atoms with Gasteiger partial charge in [-0.25, -0.2) is 9.59 Å². The molecule has 0 radical (unpaired) electrons. The van der Waals surface area contributed by atoms with E-state index in [1.807, 2.05) is 6.92 Å². The molecule has 0 aliphatic rings. The molecule has 11 heteroatoms. The van der Waals surface area contributed by atoms with Crippen molar-refractivity contribution in [1.29, 1.82) is 0 Å². The average Bonchev–Trinajstić information content (AvgIpc) is 3.00. The van der Waals surface area contributed by atoms with Gasteiger partial charge in [-0.2, -0.15) is 0 Å². The molecule has 45 heavy (non-hydrogen) atoms. The van der Waals surface area contributed by atoms with Gasteiger partial charge in [-0.05, 0) is 49.8 Å². The molecular formula is C34H54FNO8S. The molecule has 0 fully saturated rings. The number of nitrogens with one attached hydrogen (secondary N) is 1. The molecule has 0 saturated carbocycles. The smallest absolute Gasteiger partial charge is 0.336 e. The third-order valence-electron chi connectivity index (χ3n) is 7.68. The Morgan fingerprint density at radius 3 is 2.09 bits per heavy atom. The van der Waals surface area contributed by atoms with E-state index in [1.165, 1.54) is 25.3 Å². The highest BCUT2D eigenvalue weighted by molar-refractivity contribution is 7.84. The Bertz CT molecular complexity index is 1050. The number of carboxylic acids is 2. The highest BCUT2D eigenvalue weighted by Gasteiger charge is 2.47. The second kappa shape index (κ2) is 23.5. The number of aliphatic carboxylic acids is 2. The van der Waals surface area contributed by atoms with E-state index in [9.17, 15) is 38.3 Å². The van der Waals surface area contributed by atoms with E-state index in [1.54, 1.807) is 30.3 Å². The van der Waals surface area contributed by atoms with Crippen LogP contribution >= 0.6 is 0 Å². The first-order chi connectivity index (χ1) is 21.6. The quantitative estimate of drug-likeness (QED) is 0.0667. The van der Waals surface area contributed by atoms with Gasteiger partial charge < -0.3 is 25.4 Å². The lowest BCUT2D eigenvalue weighted by Crippen LogP contribution is -2.54. The van der Waals surface area contributed by atoms with Crippen LogP contribution in [0.1, 0.15) is 103 Å². The van der Waals surface area contributed by atoms with Gasteiger partial charge in [-0.1, -0.05) is 83.1 Å². The molecule has 0 spiro atoms. The molecule has 1 aromatic rings. The highest BCUT2D eigenvalue weighted by Crippen LogP contribution is 2.26. The number of aliphatic hydroxyl groups is 1. The molecule has 0 aromatic heterocycles. The van der Waals surface area contributed by atoms with Gasteiger partial charge in [-0.3, -0.25) is 13.4 Å². The molecule has 0 heterocycles. The van der Waals surface area contributed by atoms with Crippen LogP contribution in [0.2, 0.25) is 0 Å². The summed E-state index contributed by atoms with van der Waals surface area (Å²) in [6.07, 6.45) is 13.2. The molecule has 9 nitrogen and oxygen atoms in total. The van der Waals surface area contributed by atoms with E-state index in [0.717, 1.165) is 57.1 Å². The van der Waals surface area contributed by atoms with Gasteiger partial charge in [0.15, 0.2) is 5.60 Å². The molecule has 1 amide bonds. The van der Waals surface area contributed by atoms with E-state index in [2.05, 4.69) is 12.2 Å². The molecular weight excluding hydrogens is 601 g/mol. The maximum atomic E-state index is 13.3. The monoisotopic (exact) mass is 655 g/mol. The molecule has 0 aliphatic carbocycles. The molecule has 1 unspecified atom stereocenters. The van der Waals surface area contributed by atoms with Crippen LogP contribution in [-0.2, 0) is 31.6 Å². The van der Waals surface area contributed by atoms with Crippen LogP contribution in [0.25, 0.3) is 0 Å². The number of amides is 1. The van der Waals surface area contributed by atoms with E-state index < -0.39 is 59.3 Å². The van der Waals surface area contributed by atoms with Crippen LogP contribution in [0, 0.1) is 5.92 Å². The summed E-state index contributed by atoms with van der Waals surface area (Å²) in [6.45, 7) is 3.59. The number of carbonyl (C=O) groups is 3. The summed E-state index contributed by atoms with van der Waals surface area (Å²) >= 11 is 0. The molecule has 0 saturated heterocycles. The number of unbranched alkanes of at least 4 members (excludes halogenated alkanes) is 9. The van der Waals surface area contributed by atoms with Crippen molar-refractivity contribution < 1.29 is 43.0 Å². The first kappa shape index (κ1) is 40.2. The number of carboxylic acid groups (broad SMARTS) is 2. The number of allylic oxidation sites excluding steroid dienone is 1. The van der Waals surface area contributed by atoms with Gasteiger partial charge in [0.05, 0.1) is 19.2 Å². The zero-order chi connectivity index (χ0) is 33.5. The number of carbonyl (C=O) groups excluding carboxylic acids is 1. The topological polar surface area (TPSA) is 150 Å². The average molecular weight is 656 g/mol. The normalized spacial score (nSPS) is 14.8. The van der Waals surface area contributed by atoms with Crippen LogP contribution in [0.15, 0.2) is 36.4 Å². The van der Waals surface area contributed by atoms with Crippen molar-refractivity contribution in [2.24, 2.45) is 5.92 Å². The van der Waals surface area contributed by atoms with Crippen molar-refractivity contribution in [3.8, 4) is 5.75 Å². The van der Waals surface area contributed by atoms with Crippen molar-refractivity contribution in [2.75, 3.05) is 24.8 Å². The van der Waals surface area contributed by atoms with Crippen LogP contribution in [-0.4, -0.2) is 73.8 Å². The van der Waals surface area contributed by atoms with Gasteiger partial charge in [0, 0.05) is 35.1 Å². The van der Waals surface area contributed by atoms with Crippen LogP contribution in [0.3, 0.4) is 0 Å². The summed E-state index contributed by atoms with van der Waals surface area (Å²) in [5.41, 5.74) is -2.15. The number of rotatable bonds is 27. The lowest BCUT2D eigenvalue weighted by molar-refractivity contribution is -0.168. The molecule has 0 bridgehead atoms. The predicted molar refractivity (Wildman–Crippen MR) is 176 cm³/mol. The third-order valence-corrected chi connectivity index (χ3v) is 9.17. The zero-order valence-electron chi connectivity index (χ0n) is 27.0. The molecule has 4 N–H and O–H groups in total. The summed E-state index contributed by atoms with van der Waals surface area (Å²) in [5, 5.41) is 32.7. The Balaban J connectivity index is 2.75. The van der Waals surface area contributed by atoms with Crippen molar-refractivity contribution in [3.05, 3.63) is 42.0 Å². The first-order valence-electron chi connectivity index (χ1n) is 16.4. The van der Waals surface area contributed by atoms with Crippen LogP contribution in [0.4, 0.5) is 4.39 Å². The van der Waals surface area contributed by atoms with Gasteiger partial charge in [0.2, 0.25) is 5.91 Å². The number of benzene rings is 1. The number of halogens is 1. The van der Waals surface area contributed by atoms with Gasteiger partial charge in [-0.15, -0.1) is 0 Å². The number of hydrogen-bond donors (Lipinski definition) is 4. The molecule has 4 atom stereocenters. The number of hydrogen-bond acceptors (Lipinski definition) is 6. The summed E-state index contributed by atoms with van der Waals surface area (Å²) in [5.74, 6) is -3.79. The Morgan fingerprint density at radius 2 is 1.53 bits per heavy atom. The summed E-state index contributed by atoms with van der Waals surface area (Å²) in [6, 6.07) is 5.37. The minimum atomic E-state index is -2.75. The SMILES string of the molecule is CCCCCCCS(=O)CCCCCC/C=C/[C@H](C(=O)N[C@@H](Cc1ccc(OCCCC)cc1)C(=O)O)[C@@](O)(CCF)C(=O)O. The highest BCUT2D eigenvalue weighted by atomic mass is 32.2. The second-order valence-electron chi connectivity index (χ2n) is 11.5. The summed E-state index contributed by atoms with van der Waals surface area (Å²) in [7, 11) is -0.807. The lowest BCUT2D eigenvalue weighted by atomic mass is 9.83. The largest absolute Gasteiger partial charge is 0.494 e. The Morgan fingerprint density at radius 1 is 0.933 bits per heavy atom. The third kappa shape index (κ3) is 16.4. The second-order valence-corrected chi connectivity index (χ2v) is 13.2. The maximum Gasteiger partial charge on any atom is 0.336 e. The summed E-state index contributed by atoms with van der Waals surface area (Å²) < 4.78 is 31.1. The minimum Gasteiger partial charge on any atom is -0.494 e.